The molecule has 6 heteroatoms. The van der Waals surface area contributed by atoms with Gasteiger partial charge in [-0.2, -0.15) is 0 Å². The molecule has 1 aliphatic heterocycles. The molecule has 1 saturated heterocycles. The zero-order chi connectivity index (χ0) is 24.4. The van der Waals surface area contributed by atoms with Crippen molar-refractivity contribution in [1.82, 2.24) is 9.80 Å². The molecule has 2 fully saturated rings. The van der Waals surface area contributed by atoms with Gasteiger partial charge in [-0.15, -0.1) is 0 Å². The Morgan fingerprint density at radius 1 is 0.943 bits per heavy atom. The summed E-state index contributed by atoms with van der Waals surface area (Å²) in [5.41, 5.74) is 3.24. The number of hydrogen-bond donors (Lipinski definition) is 0. The number of amides is 2. The highest BCUT2D eigenvalue weighted by Gasteiger charge is 2.46. The second-order valence-electron chi connectivity index (χ2n) is 9.91. The van der Waals surface area contributed by atoms with Crippen molar-refractivity contribution in [2.75, 3.05) is 20.3 Å². The molecule has 2 aromatic rings. The van der Waals surface area contributed by atoms with Crippen LogP contribution in [0.5, 0.6) is 11.5 Å². The summed E-state index contributed by atoms with van der Waals surface area (Å²) < 4.78 is 11.3. The van der Waals surface area contributed by atoms with E-state index in [2.05, 4.69) is 18.2 Å². The maximum atomic E-state index is 14.2. The molecule has 0 spiro atoms. The SMILES string of the molecule is CCOc1ccc([C@H]2C(=O)N(C3CCCCC3)CC(=O)N2[C@H]2CCCc3ccccc32)cc1OC. The lowest BCUT2D eigenvalue weighted by atomic mass is 9.84. The standard InChI is InChI=1S/C29H36N2O4/c1-3-35-25-17-16-21(18-26(25)34-2)28-29(33)30(22-12-5-4-6-13-22)19-27(32)31(28)24-15-9-11-20-10-7-8-14-23(20)24/h7-8,10,14,16-18,22,24,28H,3-6,9,11-13,15,19H2,1-2H3/t24-,28-/m0/s1. The molecule has 1 heterocycles. The van der Waals surface area contributed by atoms with Crippen molar-refractivity contribution in [3.05, 3.63) is 59.2 Å². The van der Waals surface area contributed by atoms with E-state index in [-0.39, 0.29) is 30.4 Å². The summed E-state index contributed by atoms with van der Waals surface area (Å²) in [4.78, 5) is 31.9. The van der Waals surface area contributed by atoms with Gasteiger partial charge < -0.3 is 19.3 Å². The van der Waals surface area contributed by atoms with Crippen LogP contribution in [-0.2, 0) is 16.0 Å². The fourth-order valence-corrected chi connectivity index (χ4v) is 6.23. The number of piperazine rings is 1. The normalized spacial score (nSPS) is 23.3. The zero-order valence-electron chi connectivity index (χ0n) is 20.9. The van der Waals surface area contributed by atoms with Crippen LogP contribution in [-0.4, -0.2) is 47.9 Å². The second kappa shape index (κ2) is 10.3. The van der Waals surface area contributed by atoms with Crippen LogP contribution in [0.2, 0.25) is 0 Å². The summed E-state index contributed by atoms with van der Waals surface area (Å²) in [6.07, 6.45) is 8.27. The number of rotatable bonds is 6. The highest BCUT2D eigenvalue weighted by atomic mass is 16.5. The molecule has 2 aromatic carbocycles. The van der Waals surface area contributed by atoms with Crippen LogP contribution in [0.25, 0.3) is 0 Å². The van der Waals surface area contributed by atoms with Gasteiger partial charge in [-0.3, -0.25) is 9.59 Å². The first-order valence-electron chi connectivity index (χ1n) is 13.1. The predicted octanol–water partition coefficient (Wildman–Crippen LogP) is 5.22. The van der Waals surface area contributed by atoms with Crippen molar-refractivity contribution in [3.8, 4) is 11.5 Å². The van der Waals surface area contributed by atoms with Gasteiger partial charge in [0.1, 0.15) is 12.6 Å². The van der Waals surface area contributed by atoms with E-state index >= 15 is 0 Å². The van der Waals surface area contributed by atoms with Crippen molar-refractivity contribution < 1.29 is 19.1 Å². The first kappa shape index (κ1) is 23.7. The lowest BCUT2D eigenvalue weighted by molar-refractivity contribution is -0.162. The highest BCUT2D eigenvalue weighted by Crippen LogP contribution is 2.43. The van der Waals surface area contributed by atoms with Gasteiger partial charge in [-0.25, -0.2) is 0 Å². The van der Waals surface area contributed by atoms with E-state index in [0.717, 1.165) is 50.5 Å². The van der Waals surface area contributed by atoms with Gasteiger partial charge in [0, 0.05) is 6.04 Å². The minimum Gasteiger partial charge on any atom is -0.493 e. The van der Waals surface area contributed by atoms with Crippen molar-refractivity contribution in [1.29, 1.82) is 0 Å². The van der Waals surface area contributed by atoms with Gasteiger partial charge in [0.25, 0.3) is 5.91 Å². The first-order valence-corrected chi connectivity index (χ1v) is 13.1. The minimum absolute atomic E-state index is 0.0331. The largest absolute Gasteiger partial charge is 0.493 e. The molecule has 35 heavy (non-hydrogen) atoms. The number of aryl methyl sites for hydroxylation is 1. The number of fused-ring (bicyclic) bond motifs is 1. The molecule has 2 amide bonds. The van der Waals surface area contributed by atoms with E-state index in [9.17, 15) is 9.59 Å². The molecular weight excluding hydrogens is 440 g/mol. The van der Waals surface area contributed by atoms with E-state index in [4.69, 9.17) is 9.47 Å². The molecule has 2 aliphatic carbocycles. The van der Waals surface area contributed by atoms with Gasteiger partial charge in [0.15, 0.2) is 11.5 Å². The topological polar surface area (TPSA) is 59.1 Å². The number of carbonyl (C=O) groups is 2. The molecule has 0 unspecified atom stereocenters. The molecule has 1 saturated carbocycles. The van der Waals surface area contributed by atoms with Gasteiger partial charge in [-0.05, 0) is 67.9 Å². The molecule has 6 nitrogen and oxygen atoms in total. The Labute approximate surface area is 208 Å². The maximum absolute atomic E-state index is 14.2. The Kier molecular flexibility index (Phi) is 6.98. The summed E-state index contributed by atoms with van der Waals surface area (Å²) in [6.45, 7) is 2.63. The van der Waals surface area contributed by atoms with Crippen LogP contribution in [0, 0.1) is 0 Å². The number of nitrogens with zero attached hydrogens (tertiary/aromatic N) is 2. The summed E-state index contributed by atoms with van der Waals surface area (Å²) in [7, 11) is 1.61. The maximum Gasteiger partial charge on any atom is 0.250 e. The van der Waals surface area contributed by atoms with Crippen LogP contribution in [0.1, 0.15) is 80.6 Å². The number of hydrogen-bond acceptors (Lipinski definition) is 4. The van der Waals surface area contributed by atoms with Crippen LogP contribution < -0.4 is 9.47 Å². The van der Waals surface area contributed by atoms with Crippen molar-refractivity contribution in [2.24, 2.45) is 0 Å². The summed E-state index contributed by atoms with van der Waals surface area (Å²) in [5, 5.41) is 0. The number of methoxy groups -OCH3 is 1. The Hall–Kier alpha value is -3.02. The third-order valence-corrected chi connectivity index (χ3v) is 7.88. The molecule has 5 rings (SSSR count). The smallest absolute Gasteiger partial charge is 0.250 e. The average molecular weight is 477 g/mol. The molecular formula is C29H36N2O4. The summed E-state index contributed by atoms with van der Waals surface area (Å²) >= 11 is 0. The Morgan fingerprint density at radius 2 is 1.74 bits per heavy atom. The lowest BCUT2D eigenvalue weighted by Gasteiger charge is -2.48. The fourth-order valence-electron chi connectivity index (χ4n) is 6.23. The van der Waals surface area contributed by atoms with E-state index in [1.54, 1.807) is 7.11 Å². The zero-order valence-corrected chi connectivity index (χ0v) is 20.9. The van der Waals surface area contributed by atoms with Gasteiger partial charge in [-0.1, -0.05) is 49.6 Å². The Morgan fingerprint density at radius 3 is 2.51 bits per heavy atom. The van der Waals surface area contributed by atoms with Crippen molar-refractivity contribution in [2.45, 2.75) is 76.4 Å². The number of ether oxygens (including phenoxy) is 2. The van der Waals surface area contributed by atoms with Gasteiger partial charge >= 0.3 is 0 Å². The fraction of sp³-hybridized carbons (Fsp3) is 0.517. The van der Waals surface area contributed by atoms with Crippen LogP contribution >= 0.6 is 0 Å². The van der Waals surface area contributed by atoms with Gasteiger partial charge in [0.05, 0.1) is 19.8 Å². The monoisotopic (exact) mass is 476 g/mol. The Balaban J connectivity index is 1.58. The average Bonchev–Trinajstić information content (AvgIpc) is 2.90. The number of benzene rings is 2. The van der Waals surface area contributed by atoms with Crippen LogP contribution in [0.15, 0.2) is 42.5 Å². The number of carbonyl (C=O) groups excluding carboxylic acids is 2. The third kappa shape index (κ3) is 4.51. The van der Waals surface area contributed by atoms with Crippen molar-refractivity contribution >= 4 is 11.8 Å². The molecule has 186 valence electrons. The van der Waals surface area contributed by atoms with Gasteiger partial charge in [0.2, 0.25) is 5.91 Å². The molecule has 0 bridgehead atoms. The molecule has 2 atom stereocenters. The van der Waals surface area contributed by atoms with E-state index < -0.39 is 6.04 Å². The molecule has 0 N–H and O–H groups in total. The van der Waals surface area contributed by atoms with E-state index in [0.29, 0.717) is 18.1 Å². The van der Waals surface area contributed by atoms with Crippen molar-refractivity contribution in [3.63, 3.8) is 0 Å². The molecule has 3 aliphatic rings. The lowest BCUT2D eigenvalue weighted by Crippen LogP contribution is -2.59. The highest BCUT2D eigenvalue weighted by molar-refractivity contribution is 5.96. The Bertz CT molecular complexity index is 1080. The molecule has 0 aromatic heterocycles. The minimum atomic E-state index is -0.668. The predicted molar refractivity (Wildman–Crippen MR) is 134 cm³/mol. The third-order valence-electron chi connectivity index (χ3n) is 7.88. The van der Waals surface area contributed by atoms with Crippen LogP contribution in [0.4, 0.5) is 0 Å². The quantitative estimate of drug-likeness (QED) is 0.574. The summed E-state index contributed by atoms with van der Waals surface area (Å²) in [5.74, 6) is 1.30. The van der Waals surface area contributed by atoms with E-state index in [1.165, 1.54) is 17.5 Å². The summed E-state index contributed by atoms with van der Waals surface area (Å²) in [6, 6.07) is 13.4. The van der Waals surface area contributed by atoms with E-state index in [1.807, 2.05) is 41.0 Å². The van der Waals surface area contributed by atoms with Crippen LogP contribution in [0.3, 0.4) is 0 Å². The first-order chi connectivity index (χ1) is 17.1. The molecule has 0 radical (unpaired) electrons. The second-order valence-corrected chi connectivity index (χ2v) is 9.91.